The zero-order valence-electron chi connectivity index (χ0n) is 12.5. The van der Waals surface area contributed by atoms with Crippen LogP contribution in [0, 0.1) is 0 Å². The molecule has 122 valence electrons. The van der Waals surface area contributed by atoms with Gasteiger partial charge in [0, 0.05) is 16.6 Å². The van der Waals surface area contributed by atoms with Crippen molar-refractivity contribution in [3.8, 4) is 0 Å². The van der Waals surface area contributed by atoms with Gasteiger partial charge in [-0.05, 0) is 29.8 Å². The van der Waals surface area contributed by atoms with Crippen LogP contribution in [0.4, 0.5) is 0 Å². The molecule has 0 aliphatic rings. The summed E-state index contributed by atoms with van der Waals surface area (Å²) in [6.07, 6.45) is 1.21. The summed E-state index contributed by atoms with van der Waals surface area (Å²) < 4.78 is 1.39. The van der Waals surface area contributed by atoms with Gasteiger partial charge in [0.2, 0.25) is 5.91 Å². The monoisotopic (exact) mass is 361 g/mol. The number of nitrogens with zero attached hydrogens (tertiary/aromatic N) is 2. The van der Waals surface area contributed by atoms with Crippen LogP contribution >= 0.6 is 23.2 Å². The fraction of sp³-hybridized carbons (Fsp3) is 0.118. The lowest BCUT2D eigenvalue weighted by Crippen LogP contribution is -2.32. The fourth-order valence-corrected chi connectivity index (χ4v) is 2.81. The lowest BCUT2D eigenvalue weighted by Gasteiger charge is -2.11. The van der Waals surface area contributed by atoms with E-state index in [9.17, 15) is 9.59 Å². The molecule has 3 aromatic rings. The van der Waals surface area contributed by atoms with Crippen molar-refractivity contribution in [2.45, 2.75) is 13.1 Å². The number of aromatic nitrogens is 2. The summed E-state index contributed by atoms with van der Waals surface area (Å²) in [5, 5.41) is 3.77. The maximum atomic E-state index is 12.2. The molecule has 0 atom stereocenters. The summed E-state index contributed by atoms with van der Waals surface area (Å²) >= 11 is 11.9. The molecule has 7 heteroatoms. The molecule has 0 saturated carbocycles. The molecule has 1 N–H and O–H groups in total. The Morgan fingerprint density at radius 1 is 1.17 bits per heavy atom. The van der Waals surface area contributed by atoms with Crippen LogP contribution in [0.3, 0.4) is 0 Å². The van der Waals surface area contributed by atoms with Gasteiger partial charge in [-0.15, -0.1) is 0 Å². The summed E-state index contributed by atoms with van der Waals surface area (Å²) in [4.78, 5) is 28.3. The largest absolute Gasteiger partial charge is 0.350 e. The van der Waals surface area contributed by atoms with Crippen LogP contribution in [-0.4, -0.2) is 15.5 Å². The highest BCUT2D eigenvalue weighted by Crippen LogP contribution is 2.20. The van der Waals surface area contributed by atoms with Gasteiger partial charge in [-0.1, -0.05) is 41.4 Å². The Labute approximate surface area is 147 Å². The number of amides is 1. The Bertz CT molecular complexity index is 969. The maximum Gasteiger partial charge on any atom is 0.269 e. The van der Waals surface area contributed by atoms with Gasteiger partial charge in [-0.25, -0.2) is 4.98 Å². The second kappa shape index (κ2) is 7.03. The Balaban J connectivity index is 1.76. The smallest absolute Gasteiger partial charge is 0.269 e. The molecule has 1 heterocycles. The molecule has 0 aliphatic heterocycles. The molecular weight excluding hydrogens is 349 g/mol. The van der Waals surface area contributed by atoms with Crippen LogP contribution in [0.1, 0.15) is 5.56 Å². The van der Waals surface area contributed by atoms with Crippen molar-refractivity contribution in [2.75, 3.05) is 0 Å². The van der Waals surface area contributed by atoms with Crippen molar-refractivity contribution >= 4 is 40.1 Å². The van der Waals surface area contributed by atoms with Crippen LogP contribution in [0.2, 0.25) is 10.0 Å². The summed E-state index contributed by atoms with van der Waals surface area (Å²) in [7, 11) is 0. The van der Waals surface area contributed by atoms with E-state index in [-0.39, 0.29) is 24.6 Å². The normalized spacial score (nSPS) is 10.8. The van der Waals surface area contributed by atoms with Gasteiger partial charge in [-0.3, -0.25) is 14.2 Å². The molecule has 24 heavy (non-hydrogen) atoms. The zero-order chi connectivity index (χ0) is 17.1. The Morgan fingerprint density at radius 2 is 1.96 bits per heavy atom. The van der Waals surface area contributed by atoms with Gasteiger partial charge < -0.3 is 5.32 Å². The summed E-state index contributed by atoms with van der Waals surface area (Å²) in [5.41, 5.74) is 1.70. The first-order valence-electron chi connectivity index (χ1n) is 7.20. The summed E-state index contributed by atoms with van der Waals surface area (Å²) in [6, 6.07) is 12.2. The van der Waals surface area contributed by atoms with Gasteiger partial charge in [0.05, 0.1) is 17.2 Å². The van der Waals surface area contributed by atoms with Crippen molar-refractivity contribution in [2.24, 2.45) is 0 Å². The average molecular weight is 362 g/mol. The van der Waals surface area contributed by atoms with Crippen molar-refractivity contribution in [1.82, 2.24) is 14.9 Å². The number of rotatable bonds is 4. The molecule has 0 saturated heterocycles. The molecule has 0 spiro atoms. The third kappa shape index (κ3) is 3.58. The van der Waals surface area contributed by atoms with Crippen LogP contribution in [0.5, 0.6) is 0 Å². The Kier molecular flexibility index (Phi) is 4.83. The van der Waals surface area contributed by atoms with E-state index in [1.807, 2.05) is 6.07 Å². The number of benzene rings is 2. The molecule has 1 aromatic heterocycles. The minimum Gasteiger partial charge on any atom is -0.350 e. The minimum atomic E-state index is -0.326. The SMILES string of the molecule is O=C(Cn1c(=O)cnc2ccccc21)NCc1ccc(Cl)cc1Cl. The highest BCUT2D eigenvalue weighted by atomic mass is 35.5. The van der Waals surface area contributed by atoms with Crippen molar-refractivity contribution < 1.29 is 4.79 Å². The van der Waals surface area contributed by atoms with E-state index in [0.29, 0.717) is 21.1 Å². The van der Waals surface area contributed by atoms with Crippen LogP contribution in [0.15, 0.2) is 53.5 Å². The number of carbonyl (C=O) groups excluding carboxylic acids is 1. The van der Waals surface area contributed by atoms with E-state index in [4.69, 9.17) is 23.2 Å². The molecule has 0 unspecified atom stereocenters. The van der Waals surface area contributed by atoms with Gasteiger partial charge in [0.25, 0.3) is 5.56 Å². The van der Waals surface area contributed by atoms with Gasteiger partial charge >= 0.3 is 0 Å². The predicted octanol–water partition coefficient (Wildman–Crippen LogP) is 3.02. The maximum absolute atomic E-state index is 12.2. The van der Waals surface area contributed by atoms with E-state index in [1.165, 1.54) is 10.8 Å². The first-order chi connectivity index (χ1) is 11.5. The van der Waals surface area contributed by atoms with Gasteiger partial charge in [-0.2, -0.15) is 0 Å². The molecule has 1 amide bonds. The first-order valence-corrected chi connectivity index (χ1v) is 7.95. The number of nitrogens with one attached hydrogen (secondary N) is 1. The highest BCUT2D eigenvalue weighted by molar-refractivity contribution is 6.35. The molecular formula is C17H13Cl2N3O2. The lowest BCUT2D eigenvalue weighted by atomic mass is 10.2. The third-order valence-corrected chi connectivity index (χ3v) is 4.13. The minimum absolute atomic E-state index is 0.0902. The second-order valence-electron chi connectivity index (χ2n) is 5.18. The summed E-state index contributed by atoms with van der Waals surface area (Å²) in [6.45, 7) is 0.166. The molecule has 0 radical (unpaired) electrons. The molecule has 5 nitrogen and oxygen atoms in total. The van der Waals surface area contributed by atoms with Crippen molar-refractivity contribution in [3.05, 3.63) is 74.6 Å². The van der Waals surface area contributed by atoms with Crippen molar-refractivity contribution in [3.63, 3.8) is 0 Å². The number of halogens is 2. The van der Waals surface area contributed by atoms with Gasteiger partial charge in [0.15, 0.2) is 0 Å². The number of hydrogen-bond donors (Lipinski definition) is 1. The number of para-hydroxylation sites is 2. The van der Waals surface area contributed by atoms with E-state index in [2.05, 4.69) is 10.3 Å². The fourth-order valence-electron chi connectivity index (χ4n) is 2.34. The molecule has 0 bridgehead atoms. The van der Waals surface area contributed by atoms with Crippen LogP contribution < -0.4 is 10.9 Å². The molecule has 2 aromatic carbocycles. The predicted molar refractivity (Wildman–Crippen MR) is 94.3 cm³/mol. The van der Waals surface area contributed by atoms with Gasteiger partial charge in [0.1, 0.15) is 6.54 Å². The molecule has 0 aliphatic carbocycles. The van der Waals surface area contributed by atoms with Crippen molar-refractivity contribution in [1.29, 1.82) is 0 Å². The zero-order valence-corrected chi connectivity index (χ0v) is 14.0. The molecule has 3 rings (SSSR count). The van der Waals surface area contributed by atoms with E-state index < -0.39 is 0 Å². The Hall–Kier alpha value is -2.37. The van der Waals surface area contributed by atoms with Crippen LogP contribution in [0.25, 0.3) is 11.0 Å². The third-order valence-electron chi connectivity index (χ3n) is 3.55. The van der Waals surface area contributed by atoms with E-state index >= 15 is 0 Å². The standard InChI is InChI=1S/C17H13Cl2N3O2/c18-12-6-5-11(13(19)7-12)8-21-16(23)10-22-15-4-2-1-3-14(15)20-9-17(22)24/h1-7,9H,8,10H2,(H,21,23). The topological polar surface area (TPSA) is 64.0 Å². The molecule has 0 fully saturated rings. The second-order valence-corrected chi connectivity index (χ2v) is 6.03. The van der Waals surface area contributed by atoms with Crippen LogP contribution in [-0.2, 0) is 17.9 Å². The number of carbonyl (C=O) groups is 1. The highest BCUT2D eigenvalue weighted by Gasteiger charge is 2.09. The lowest BCUT2D eigenvalue weighted by molar-refractivity contribution is -0.121. The first kappa shape index (κ1) is 16.5. The Morgan fingerprint density at radius 3 is 2.75 bits per heavy atom. The van der Waals surface area contributed by atoms with E-state index in [1.54, 1.807) is 36.4 Å². The average Bonchev–Trinajstić information content (AvgIpc) is 2.57. The summed E-state index contributed by atoms with van der Waals surface area (Å²) in [5.74, 6) is -0.292. The van der Waals surface area contributed by atoms with E-state index in [0.717, 1.165) is 5.56 Å². The number of hydrogen-bond acceptors (Lipinski definition) is 3. The quantitative estimate of drug-likeness (QED) is 0.776. The number of fused-ring (bicyclic) bond motifs is 1.